The molecule has 0 saturated carbocycles. The van der Waals surface area contributed by atoms with Crippen molar-refractivity contribution in [2.24, 2.45) is 0 Å². The summed E-state index contributed by atoms with van der Waals surface area (Å²) in [6.45, 7) is 2.37. The van der Waals surface area contributed by atoms with E-state index in [0.29, 0.717) is 5.92 Å². The van der Waals surface area contributed by atoms with Crippen LogP contribution in [0.3, 0.4) is 0 Å². The van der Waals surface area contributed by atoms with E-state index in [4.69, 9.17) is 0 Å². The molecular formula is C33H28N2. The Morgan fingerprint density at radius 3 is 2.31 bits per heavy atom. The van der Waals surface area contributed by atoms with E-state index in [1.165, 1.54) is 62.7 Å². The minimum Gasteiger partial charge on any atom is -0.264 e. The molecule has 170 valence electrons. The van der Waals surface area contributed by atoms with Crippen LogP contribution in [0.25, 0.3) is 43.4 Å². The van der Waals surface area contributed by atoms with Crippen molar-refractivity contribution in [3.8, 4) is 11.1 Å². The van der Waals surface area contributed by atoms with Gasteiger partial charge in [0.25, 0.3) is 0 Å². The molecule has 0 aliphatic heterocycles. The normalized spacial score (nSPS) is 14.9. The third kappa shape index (κ3) is 4.06. The van der Waals surface area contributed by atoms with Crippen molar-refractivity contribution >= 4 is 32.3 Å². The van der Waals surface area contributed by atoms with Gasteiger partial charge >= 0.3 is 0 Å². The molecule has 0 bridgehead atoms. The van der Waals surface area contributed by atoms with Crippen LogP contribution >= 0.6 is 0 Å². The standard InChI is InChI=1S/C24H21N.C9H7N/c1-16-6-4-10-21-19(16)11-12-22-20-9-3-2-7-17(20)14-23(24(21)22)18-8-5-13-25-15-18;1-2-4-9-7-10-6-5-8(9)3-1/h2-3,5,7-9,11-16H,4,6,10H2,1H3;1-7H. The van der Waals surface area contributed by atoms with Gasteiger partial charge in [0.1, 0.15) is 0 Å². The molecule has 2 heteroatoms. The van der Waals surface area contributed by atoms with Crippen LogP contribution in [0.4, 0.5) is 0 Å². The summed E-state index contributed by atoms with van der Waals surface area (Å²) < 4.78 is 0. The Kier molecular flexibility index (Phi) is 5.71. The second kappa shape index (κ2) is 9.31. The minimum absolute atomic E-state index is 0.654. The maximum absolute atomic E-state index is 4.37. The van der Waals surface area contributed by atoms with Crippen molar-refractivity contribution in [2.75, 3.05) is 0 Å². The number of pyridine rings is 2. The smallest absolute Gasteiger partial charge is 0.0346 e. The van der Waals surface area contributed by atoms with E-state index in [0.717, 1.165) is 0 Å². The Hall–Kier alpha value is -4.04. The fraction of sp³-hybridized carbons (Fsp3) is 0.152. The topological polar surface area (TPSA) is 25.8 Å². The molecule has 0 amide bonds. The van der Waals surface area contributed by atoms with Crippen LogP contribution in [0.5, 0.6) is 0 Å². The van der Waals surface area contributed by atoms with Gasteiger partial charge < -0.3 is 0 Å². The number of rotatable bonds is 1. The summed E-state index contributed by atoms with van der Waals surface area (Å²) in [6.07, 6.45) is 11.3. The molecule has 2 heterocycles. The molecule has 6 aromatic rings. The summed E-state index contributed by atoms with van der Waals surface area (Å²) in [5.41, 5.74) is 5.64. The molecule has 1 aliphatic carbocycles. The van der Waals surface area contributed by atoms with E-state index in [2.05, 4.69) is 77.6 Å². The summed E-state index contributed by atoms with van der Waals surface area (Å²) >= 11 is 0. The van der Waals surface area contributed by atoms with Crippen LogP contribution in [0.15, 0.2) is 110 Å². The first-order valence-corrected chi connectivity index (χ1v) is 12.5. The average Bonchev–Trinajstić information content (AvgIpc) is 2.93. The molecule has 0 spiro atoms. The Balaban J connectivity index is 0.000000191. The third-order valence-electron chi connectivity index (χ3n) is 7.29. The molecule has 1 atom stereocenters. The van der Waals surface area contributed by atoms with Gasteiger partial charge in [-0.2, -0.15) is 0 Å². The number of aryl methyl sites for hydroxylation is 1. The minimum atomic E-state index is 0.654. The molecule has 35 heavy (non-hydrogen) atoms. The third-order valence-corrected chi connectivity index (χ3v) is 7.29. The van der Waals surface area contributed by atoms with Crippen LogP contribution < -0.4 is 0 Å². The molecule has 7 rings (SSSR count). The van der Waals surface area contributed by atoms with Gasteiger partial charge in [-0.1, -0.05) is 73.7 Å². The molecule has 0 N–H and O–H groups in total. The zero-order valence-electron chi connectivity index (χ0n) is 20.0. The monoisotopic (exact) mass is 452 g/mol. The number of nitrogens with zero attached hydrogens (tertiary/aromatic N) is 2. The second-order valence-electron chi connectivity index (χ2n) is 9.46. The molecule has 0 saturated heterocycles. The zero-order chi connectivity index (χ0) is 23.6. The molecule has 2 nitrogen and oxygen atoms in total. The zero-order valence-corrected chi connectivity index (χ0v) is 20.0. The van der Waals surface area contributed by atoms with Gasteiger partial charge in [-0.25, -0.2) is 0 Å². The first-order chi connectivity index (χ1) is 17.3. The molecule has 2 aromatic heterocycles. The van der Waals surface area contributed by atoms with Gasteiger partial charge in [-0.15, -0.1) is 0 Å². The lowest BCUT2D eigenvalue weighted by Gasteiger charge is -2.25. The first kappa shape index (κ1) is 21.5. The lowest BCUT2D eigenvalue weighted by atomic mass is 9.79. The van der Waals surface area contributed by atoms with Crippen LogP contribution in [0, 0.1) is 0 Å². The lowest BCUT2D eigenvalue weighted by molar-refractivity contribution is 0.593. The Bertz CT molecular complexity index is 1570. The van der Waals surface area contributed by atoms with E-state index in [9.17, 15) is 0 Å². The summed E-state index contributed by atoms with van der Waals surface area (Å²) in [7, 11) is 0. The van der Waals surface area contributed by atoms with Crippen LogP contribution in [0.1, 0.15) is 36.8 Å². The second-order valence-corrected chi connectivity index (χ2v) is 9.46. The molecule has 1 unspecified atom stereocenters. The molecule has 0 fully saturated rings. The predicted molar refractivity (Wildman–Crippen MR) is 148 cm³/mol. The number of benzene rings is 4. The van der Waals surface area contributed by atoms with Gasteiger partial charge in [0.05, 0.1) is 0 Å². The van der Waals surface area contributed by atoms with Crippen molar-refractivity contribution in [1.82, 2.24) is 9.97 Å². The van der Waals surface area contributed by atoms with E-state index in [-0.39, 0.29) is 0 Å². The lowest BCUT2D eigenvalue weighted by Crippen LogP contribution is -2.08. The molecule has 0 radical (unpaired) electrons. The van der Waals surface area contributed by atoms with Gasteiger partial charge in [-0.3, -0.25) is 9.97 Å². The van der Waals surface area contributed by atoms with Crippen molar-refractivity contribution < 1.29 is 0 Å². The Morgan fingerprint density at radius 1 is 0.686 bits per heavy atom. The van der Waals surface area contributed by atoms with E-state index < -0.39 is 0 Å². The summed E-state index contributed by atoms with van der Waals surface area (Å²) in [6, 6.07) is 30.2. The van der Waals surface area contributed by atoms with Crippen molar-refractivity contribution in [3.63, 3.8) is 0 Å². The van der Waals surface area contributed by atoms with Gasteiger partial charge in [0.15, 0.2) is 0 Å². The van der Waals surface area contributed by atoms with Gasteiger partial charge in [0.2, 0.25) is 0 Å². The van der Waals surface area contributed by atoms with Crippen molar-refractivity contribution in [1.29, 1.82) is 0 Å². The maximum atomic E-state index is 4.37. The average molecular weight is 453 g/mol. The first-order valence-electron chi connectivity index (χ1n) is 12.5. The molecule has 1 aliphatic rings. The highest BCUT2D eigenvalue weighted by Gasteiger charge is 2.21. The summed E-state index contributed by atoms with van der Waals surface area (Å²) in [5, 5.41) is 7.92. The molecule has 4 aromatic carbocycles. The Labute approximate surface area is 206 Å². The molecular weight excluding hydrogens is 424 g/mol. The predicted octanol–water partition coefficient (Wildman–Crippen LogP) is 8.73. The fourth-order valence-electron chi connectivity index (χ4n) is 5.54. The highest BCUT2D eigenvalue weighted by molar-refractivity contribution is 6.15. The number of aromatic nitrogens is 2. The number of hydrogen-bond acceptors (Lipinski definition) is 2. The largest absolute Gasteiger partial charge is 0.264 e. The van der Waals surface area contributed by atoms with Gasteiger partial charge in [0, 0.05) is 30.4 Å². The van der Waals surface area contributed by atoms with E-state index in [1.807, 2.05) is 49.1 Å². The quantitative estimate of drug-likeness (QED) is 0.233. The highest BCUT2D eigenvalue weighted by Crippen LogP contribution is 2.42. The van der Waals surface area contributed by atoms with Gasteiger partial charge in [-0.05, 0) is 92.4 Å². The summed E-state index contributed by atoms with van der Waals surface area (Å²) in [4.78, 5) is 8.39. The van der Waals surface area contributed by atoms with Crippen molar-refractivity contribution in [3.05, 3.63) is 121 Å². The van der Waals surface area contributed by atoms with Crippen molar-refractivity contribution in [2.45, 2.75) is 32.1 Å². The summed E-state index contributed by atoms with van der Waals surface area (Å²) in [5.74, 6) is 0.654. The maximum Gasteiger partial charge on any atom is 0.0346 e. The van der Waals surface area contributed by atoms with E-state index >= 15 is 0 Å². The highest BCUT2D eigenvalue weighted by atomic mass is 14.6. The SMILES string of the molecule is CC1CCCc2c1ccc1c2c(-c2cccnc2)cc2ccccc21.c1ccc2cnccc2c1. The van der Waals surface area contributed by atoms with Crippen LogP contribution in [-0.2, 0) is 6.42 Å². The van der Waals surface area contributed by atoms with E-state index in [1.54, 1.807) is 11.1 Å². The Morgan fingerprint density at radius 2 is 1.49 bits per heavy atom. The van der Waals surface area contributed by atoms with Crippen LogP contribution in [0.2, 0.25) is 0 Å². The fourth-order valence-corrected chi connectivity index (χ4v) is 5.54. The number of fused-ring (bicyclic) bond motifs is 6. The van der Waals surface area contributed by atoms with Crippen LogP contribution in [-0.4, -0.2) is 9.97 Å². The number of hydrogen-bond donors (Lipinski definition) is 0.